The van der Waals surface area contributed by atoms with E-state index in [1.807, 2.05) is 12.1 Å². The second-order valence-corrected chi connectivity index (χ2v) is 5.67. The lowest BCUT2D eigenvalue weighted by Gasteiger charge is -2.39. The molecule has 6 heteroatoms. The zero-order valence-corrected chi connectivity index (χ0v) is 13.3. The van der Waals surface area contributed by atoms with Crippen LogP contribution >= 0.6 is 22.6 Å². The van der Waals surface area contributed by atoms with E-state index < -0.39 is 30.7 Å². The first-order valence-corrected chi connectivity index (χ1v) is 8.10. The van der Waals surface area contributed by atoms with E-state index in [1.54, 1.807) is 12.1 Å². The standard InChI is InChI=1S/C14H19IO5/c1-2-8-3-5-9(6-4-8)19-14-13(18)12(17)11(16)10(7-15)20-14/h3-6,10-14,16-18H,2,7H2,1H3/t10-,11-,12+,13-,14+/m1/s1. The van der Waals surface area contributed by atoms with Gasteiger partial charge in [0.2, 0.25) is 6.29 Å². The Hall–Kier alpha value is -0.410. The molecule has 0 aliphatic carbocycles. The SMILES string of the molecule is CCc1ccc(O[C@H]2O[C@H](CI)[C@@H](O)[C@H](O)[C@H]2O)cc1. The van der Waals surface area contributed by atoms with Crippen LogP contribution in [0.5, 0.6) is 5.75 Å². The van der Waals surface area contributed by atoms with Crippen molar-refractivity contribution in [2.24, 2.45) is 0 Å². The molecule has 1 fully saturated rings. The number of hydrogen-bond acceptors (Lipinski definition) is 5. The number of halogens is 1. The summed E-state index contributed by atoms with van der Waals surface area (Å²) in [6, 6.07) is 7.47. The molecule has 5 atom stereocenters. The third-order valence-corrected chi connectivity index (χ3v) is 4.27. The second kappa shape index (κ2) is 7.04. The molecular weight excluding hydrogens is 375 g/mol. The highest BCUT2D eigenvalue weighted by Gasteiger charge is 2.44. The number of benzene rings is 1. The molecule has 0 spiro atoms. The van der Waals surface area contributed by atoms with Crippen molar-refractivity contribution >= 4 is 22.6 Å². The van der Waals surface area contributed by atoms with Gasteiger partial charge in [-0.25, -0.2) is 0 Å². The minimum absolute atomic E-state index is 0.497. The van der Waals surface area contributed by atoms with Crippen LogP contribution in [0.15, 0.2) is 24.3 Å². The minimum atomic E-state index is -1.28. The summed E-state index contributed by atoms with van der Waals surface area (Å²) in [4.78, 5) is 0. The number of aryl methyl sites for hydroxylation is 1. The van der Waals surface area contributed by atoms with Gasteiger partial charge in [0.1, 0.15) is 24.1 Å². The molecule has 5 nitrogen and oxygen atoms in total. The summed E-state index contributed by atoms with van der Waals surface area (Å²) in [7, 11) is 0. The molecule has 2 rings (SSSR count). The quantitative estimate of drug-likeness (QED) is 0.522. The lowest BCUT2D eigenvalue weighted by Crippen LogP contribution is -2.59. The second-order valence-electron chi connectivity index (χ2n) is 4.78. The molecule has 0 amide bonds. The van der Waals surface area contributed by atoms with Crippen molar-refractivity contribution in [3.05, 3.63) is 29.8 Å². The van der Waals surface area contributed by atoms with Crippen LogP contribution in [-0.4, -0.2) is 50.5 Å². The maximum absolute atomic E-state index is 9.92. The number of aliphatic hydroxyl groups excluding tert-OH is 3. The lowest BCUT2D eigenvalue weighted by atomic mass is 10.00. The lowest BCUT2D eigenvalue weighted by molar-refractivity contribution is -0.266. The van der Waals surface area contributed by atoms with Crippen molar-refractivity contribution in [2.45, 2.75) is 44.1 Å². The fourth-order valence-corrected chi connectivity index (χ4v) is 2.81. The third kappa shape index (κ3) is 3.43. The van der Waals surface area contributed by atoms with Crippen LogP contribution in [0.3, 0.4) is 0 Å². The maximum Gasteiger partial charge on any atom is 0.229 e. The Bertz CT molecular complexity index is 422. The summed E-state index contributed by atoms with van der Waals surface area (Å²) in [6.07, 6.45) is -4.28. The van der Waals surface area contributed by atoms with E-state index in [0.29, 0.717) is 10.2 Å². The predicted molar refractivity (Wildman–Crippen MR) is 82.0 cm³/mol. The van der Waals surface area contributed by atoms with Crippen LogP contribution in [-0.2, 0) is 11.2 Å². The largest absolute Gasteiger partial charge is 0.462 e. The molecule has 1 aromatic carbocycles. The van der Waals surface area contributed by atoms with Crippen molar-refractivity contribution < 1.29 is 24.8 Å². The fraction of sp³-hybridized carbons (Fsp3) is 0.571. The average molecular weight is 394 g/mol. The molecule has 1 heterocycles. The molecule has 112 valence electrons. The van der Waals surface area contributed by atoms with Gasteiger partial charge in [0.05, 0.1) is 6.10 Å². The number of ether oxygens (including phenoxy) is 2. The van der Waals surface area contributed by atoms with Crippen molar-refractivity contribution in [3.8, 4) is 5.75 Å². The number of alkyl halides is 1. The Morgan fingerprint density at radius 2 is 1.75 bits per heavy atom. The Kier molecular flexibility index (Phi) is 5.62. The molecule has 1 saturated heterocycles. The van der Waals surface area contributed by atoms with E-state index in [1.165, 1.54) is 5.56 Å². The summed E-state index contributed by atoms with van der Waals surface area (Å²) in [6.45, 7) is 2.06. The molecule has 1 aliphatic heterocycles. The zero-order chi connectivity index (χ0) is 14.7. The van der Waals surface area contributed by atoms with Gasteiger partial charge in [-0.1, -0.05) is 41.6 Å². The number of rotatable bonds is 4. The van der Waals surface area contributed by atoms with Crippen LogP contribution < -0.4 is 4.74 Å². The van der Waals surface area contributed by atoms with Gasteiger partial charge in [0.25, 0.3) is 0 Å². The Labute approximate surface area is 131 Å². The fourth-order valence-electron chi connectivity index (χ4n) is 2.08. The van der Waals surface area contributed by atoms with Crippen LogP contribution in [0.2, 0.25) is 0 Å². The molecule has 0 radical (unpaired) electrons. The molecule has 0 aromatic heterocycles. The zero-order valence-electron chi connectivity index (χ0n) is 11.1. The maximum atomic E-state index is 9.92. The van der Waals surface area contributed by atoms with Crippen LogP contribution in [0.25, 0.3) is 0 Å². The first-order chi connectivity index (χ1) is 9.56. The third-order valence-electron chi connectivity index (χ3n) is 3.40. The molecule has 20 heavy (non-hydrogen) atoms. The highest BCUT2D eigenvalue weighted by Crippen LogP contribution is 2.25. The highest BCUT2D eigenvalue weighted by molar-refractivity contribution is 14.1. The van der Waals surface area contributed by atoms with E-state index in [-0.39, 0.29) is 0 Å². The molecule has 0 bridgehead atoms. The van der Waals surface area contributed by atoms with Gasteiger partial charge >= 0.3 is 0 Å². The van der Waals surface area contributed by atoms with Gasteiger partial charge in [0, 0.05) is 4.43 Å². The Balaban J connectivity index is 2.06. The monoisotopic (exact) mass is 394 g/mol. The van der Waals surface area contributed by atoms with Crippen LogP contribution in [0.4, 0.5) is 0 Å². The molecular formula is C14H19IO5. The van der Waals surface area contributed by atoms with Gasteiger partial charge in [-0.15, -0.1) is 0 Å². The van der Waals surface area contributed by atoms with E-state index >= 15 is 0 Å². The first kappa shape index (κ1) is 16.0. The Morgan fingerprint density at radius 3 is 2.30 bits per heavy atom. The Morgan fingerprint density at radius 1 is 1.10 bits per heavy atom. The van der Waals surface area contributed by atoms with Gasteiger partial charge in [0.15, 0.2) is 0 Å². The molecule has 0 unspecified atom stereocenters. The average Bonchev–Trinajstić information content (AvgIpc) is 2.48. The smallest absolute Gasteiger partial charge is 0.229 e. The normalized spacial score (nSPS) is 34.0. The predicted octanol–water partition coefficient (Wildman–Crippen LogP) is 0.870. The summed E-state index contributed by atoms with van der Waals surface area (Å²) in [5.41, 5.74) is 1.18. The summed E-state index contributed by atoms with van der Waals surface area (Å²) < 4.78 is 11.6. The van der Waals surface area contributed by atoms with Crippen LogP contribution in [0.1, 0.15) is 12.5 Å². The molecule has 1 aliphatic rings. The van der Waals surface area contributed by atoms with E-state index in [9.17, 15) is 15.3 Å². The minimum Gasteiger partial charge on any atom is -0.462 e. The topological polar surface area (TPSA) is 79.2 Å². The molecule has 0 saturated carbocycles. The summed E-state index contributed by atoms with van der Waals surface area (Å²) in [5.74, 6) is 0.557. The van der Waals surface area contributed by atoms with E-state index in [2.05, 4.69) is 29.5 Å². The van der Waals surface area contributed by atoms with Gasteiger partial charge in [-0.05, 0) is 24.1 Å². The highest BCUT2D eigenvalue weighted by atomic mass is 127. The number of aliphatic hydroxyl groups is 3. The van der Waals surface area contributed by atoms with Crippen molar-refractivity contribution in [3.63, 3.8) is 0 Å². The number of hydrogen-bond donors (Lipinski definition) is 3. The summed E-state index contributed by atoms with van der Waals surface area (Å²) >= 11 is 2.06. The molecule has 1 aromatic rings. The first-order valence-electron chi connectivity index (χ1n) is 6.58. The summed E-state index contributed by atoms with van der Waals surface area (Å²) in [5, 5.41) is 29.5. The van der Waals surface area contributed by atoms with Gasteiger partial charge < -0.3 is 24.8 Å². The molecule has 3 N–H and O–H groups in total. The van der Waals surface area contributed by atoms with Gasteiger partial charge in [-0.2, -0.15) is 0 Å². The van der Waals surface area contributed by atoms with Crippen molar-refractivity contribution in [1.29, 1.82) is 0 Å². The van der Waals surface area contributed by atoms with Crippen molar-refractivity contribution in [2.75, 3.05) is 4.43 Å². The van der Waals surface area contributed by atoms with E-state index in [4.69, 9.17) is 9.47 Å². The van der Waals surface area contributed by atoms with Crippen LogP contribution in [0, 0.1) is 0 Å². The van der Waals surface area contributed by atoms with Gasteiger partial charge in [-0.3, -0.25) is 0 Å². The van der Waals surface area contributed by atoms with E-state index in [0.717, 1.165) is 6.42 Å². The van der Waals surface area contributed by atoms with Crippen molar-refractivity contribution in [1.82, 2.24) is 0 Å².